The molecule has 0 spiro atoms. The van der Waals surface area contributed by atoms with Crippen molar-refractivity contribution in [2.75, 3.05) is 0 Å². The minimum atomic E-state index is -1.76. The summed E-state index contributed by atoms with van der Waals surface area (Å²) in [5, 5.41) is 36.4. The summed E-state index contributed by atoms with van der Waals surface area (Å²) in [6.45, 7) is 0. The van der Waals surface area contributed by atoms with E-state index in [1.807, 2.05) is 0 Å². The van der Waals surface area contributed by atoms with Crippen LogP contribution in [0.15, 0.2) is 21.2 Å². The SMILES string of the molecule is O=[N+]([O-])[N-]c1nc(C2=NO[N+](=O)C2=C([N+](=O)[O-])[N+](=O)[O-])no1. The van der Waals surface area contributed by atoms with Crippen molar-refractivity contribution in [3.05, 3.63) is 58.0 Å². The molecule has 114 valence electrons. The highest BCUT2D eigenvalue weighted by molar-refractivity contribution is 6.08. The van der Waals surface area contributed by atoms with Crippen molar-refractivity contribution in [3.63, 3.8) is 0 Å². The molecule has 0 aliphatic carbocycles. The zero-order valence-corrected chi connectivity index (χ0v) is 9.75. The second kappa shape index (κ2) is 5.15. The summed E-state index contributed by atoms with van der Waals surface area (Å²) in [7, 11) is 0. The number of nitrogens with zero attached hydrogens (tertiary/aromatic N) is 8. The van der Waals surface area contributed by atoms with Gasteiger partial charge in [-0.25, -0.2) is 0 Å². The highest BCUT2D eigenvalue weighted by Gasteiger charge is 2.53. The van der Waals surface area contributed by atoms with Gasteiger partial charge in [0.1, 0.15) is 9.85 Å². The van der Waals surface area contributed by atoms with E-state index in [4.69, 9.17) is 0 Å². The van der Waals surface area contributed by atoms with Crippen molar-refractivity contribution in [1.82, 2.24) is 10.1 Å². The molecule has 0 aromatic carbocycles. The molecular formula is C5N8O9. The van der Waals surface area contributed by atoms with E-state index in [1.165, 1.54) is 0 Å². The number of hydrogen-bond donors (Lipinski definition) is 0. The number of oxime groups is 1. The number of rotatable bonds is 5. The van der Waals surface area contributed by atoms with Crippen molar-refractivity contribution < 1.29 is 29.3 Å². The van der Waals surface area contributed by atoms with Crippen LogP contribution < -0.4 is 0 Å². The average Bonchev–Trinajstić information content (AvgIpc) is 2.96. The summed E-state index contributed by atoms with van der Waals surface area (Å²) < 4.78 is 4.28. The highest BCUT2D eigenvalue weighted by Crippen LogP contribution is 2.22. The van der Waals surface area contributed by atoms with Gasteiger partial charge in [-0.15, -0.1) is 0 Å². The average molecular weight is 316 g/mol. The first-order valence-electron chi connectivity index (χ1n) is 4.77. The molecule has 0 radical (unpaired) electrons. The Morgan fingerprint density at radius 3 is 2.36 bits per heavy atom. The maximum Gasteiger partial charge on any atom is 0.619 e. The predicted octanol–water partition coefficient (Wildman–Crippen LogP) is -0.583. The Morgan fingerprint density at radius 1 is 1.18 bits per heavy atom. The second-order valence-corrected chi connectivity index (χ2v) is 3.20. The number of nitro groups is 3. The van der Waals surface area contributed by atoms with Gasteiger partial charge in [0.15, 0.2) is 11.0 Å². The minimum absolute atomic E-state index is 0.614. The Kier molecular flexibility index (Phi) is 3.36. The minimum Gasteiger partial charge on any atom is -0.375 e. The summed E-state index contributed by atoms with van der Waals surface area (Å²) >= 11 is 0. The van der Waals surface area contributed by atoms with E-state index < -0.39 is 48.9 Å². The summed E-state index contributed by atoms with van der Waals surface area (Å²) in [5.41, 5.74) is 0.575. The summed E-state index contributed by atoms with van der Waals surface area (Å²) in [6.07, 6.45) is 0. The smallest absolute Gasteiger partial charge is 0.375 e. The fraction of sp³-hybridized carbons (Fsp3) is 0. The third-order valence-electron chi connectivity index (χ3n) is 1.97. The van der Waals surface area contributed by atoms with E-state index in [1.54, 1.807) is 0 Å². The Morgan fingerprint density at radius 2 is 1.82 bits per heavy atom. The molecule has 0 unspecified atom stereocenters. The Hall–Kier alpha value is -4.05. The lowest BCUT2D eigenvalue weighted by Gasteiger charge is -1.93. The molecule has 1 aliphatic rings. The first-order valence-corrected chi connectivity index (χ1v) is 4.77. The van der Waals surface area contributed by atoms with Crippen LogP contribution in [0.1, 0.15) is 5.82 Å². The second-order valence-electron chi connectivity index (χ2n) is 3.20. The van der Waals surface area contributed by atoms with Crippen molar-refractivity contribution in [2.24, 2.45) is 5.16 Å². The third-order valence-corrected chi connectivity index (χ3v) is 1.97. The van der Waals surface area contributed by atoms with Gasteiger partial charge in [0.2, 0.25) is 10.9 Å². The lowest BCUT2D eigenvalue weighted by atomic mass is 10.2. The summed E-state index contributed by atoms with van der Waals surface area (Å²) in [5.74, 6) is -2.47. The number of allylic oxidation sites excluding steroid dienone is 1. The van der Waals surface area contributed by atoms with Gasteiger partial charge in [-0.1, -0.05) is 10.6 Å². The monoisotopic (exact) mass is 316 g/mol. The van der Waals surface area contributed by atoms with Gasteiger partial charge in [-0.05, 0) is 9.85 Å². The molecule has 0 saturated heterocycles. The first kappa shape index (κ1) is 14.4. The van der Waals surface area contributed by atoms with E-state index in [-0.39, 0.29) is 0 Å². The van der Waals surface area contributed by atoms with Crippen LogP contribution in [0.2, 0.25) is 0 Å². The van der Waals surface area contributed by atoms with Crippen molar-refractivity contribution >= 4 is 11.7 Å². The predicted molar refractivity (Wildman–Crippen MR) is 56.6 cm³/mol. The topological polar surface area (TPSA) is 224 Å². The molecule has 17 nitrogen and oxygen atoms in total. The molecule has 0 atom stereocenters. The molecule has 0 saturated carbocycles. The number of aromatic nitrogens is 2. The molecule has 0 fully saturated rings. The third kappa shape index (κ3) is 2.48. The molecule has 1 aromatic rings. The van der Waals surface area contributed by atoms with Gasteiger partial charge < -0.3 is 9.51 Å². The van der Waals surface area contributed by atoms with Crippen LogP contribution in [0.25, 0.3) is 5.43 Å². The Balaban J connectivity index is 2.50. The maximum atomic E-state index is 11.3. The van der Waals surface area contributed by atoms with E-state index in [9.17, 15) is 35.3 Å². The van der Waals surface area contributed by atoms with Gasteiger partial charge in [0.25, 0.3) is 0 Å². The van der Waals surface area contributed by atoms with Gasteiger partial charge in [0, 0.05) is 0 Å². The Labute approximate surface area is 115 Å². The lowest BCUT2D eigenvalue weighted by molar-refractivity contribution is -0.768. The first-order chi connectivity index (χ1) is 10.3. The standard InChI is InChI=1S/C5N8O9/c14-10(15)4(11(16)17)2-1(8-22-12(2)18)3-6-5(21-9-3)7-13(19)20. The van der Waals surface area contributed by atoms with E-state index in [2.05, 4.69) is 30.2 Å². The molecule has 1 aromatic heterocycles. The van der Waals surface area contributed by atoms with Gasteiger partial charge in [-0.3, -0.25) is 30.3 Å². The van der Waals surface area contributed by atoms with E-state index in [0.29, 0.717) is 0 Å². The fourth-order valence-corrected chi connectivity index (χ4v) is 1.24. The molecule has 2 heterocycles. The Bertz CT molecular complexity index is 744. The van der Waals surface area contributed by atoms with E-state index in [0.717, 1.165) is 0 Å². The molecule has 0 N–H and O–H groups in total. The van der Waals surface area contributed by atoms with Crippen LogP contribution in [0.4, 0.5) is 6.01 Å². The molecule has 2 rings (SSSR count). The molecule has 0 amide bonds. The quantitative estimate of drug-likeness (QED) is 0.492. The van der Waals surface area contributed by atoms with Crippen molar-refractivity contribution in [1.29, 1.82) is 0 Å². The molecule has 17 heteroatoms. The zero-order chi connectivity index (χ0) is 16.4. The highest BCUT2D eigenvalue weighted by atomic mass is 16.9. The number of hydrogen-bond acceptors (Lipinski definition) is 12. The van der Waals surface area contributed by atoms with Crippen LogP contribution in [0, 0.1) is 35.3 Å². The van der Waals surface area contributed by atoms with Gasteiger partial charge in [-0.2, -0.15) is 0 Å². The van der Waals surface area contributed by atoms with Gasteiger partial charge in [0.05, 0.1) is 5.03 Å². The lowest BCUT2D eigenvalue weighted by Crippen LogP contribution is -2.21. The van der Waals surface area contributed by atoms with Crippen LogP contribution in [0.5, 0.6) is 0 Å². The normalized spacial score (nSPS) is 13.4. The molecule has 1 aliphatic heterocycles. The van der Waals surface area contributed by atoms with Crippen molar-refractivity contribution in [3.8, 4) is 0 Å². The van der Waals surface area contributed by atoms with Crippen molar-refractivity contribution in [2.45, 2.75) is 0 Å². The molecule has 0 bridgehead atoms. The largest absolute Gasteiger partial charge is 0.619 e. The van der Waals surface area contributed by atoms with Gasteiger partial charge >= 0.3 is 17.2 Å². The van der Waals surface area contributed by atoms with Crippen LogP contribution in [-0.4, -0.2) is 35.7 Å². The maximum absolute atomic E-state index is 11.3. The zero-order valence-electron chi connectivity index (χ0n) is 9.75. The van der Waals surface area contributed by atoms with E-state index >= 15 is 0 Å². The van der Waals surface area contributed by atoms with Crippen LogP contribution in [-0.2, 0) is 4.94 Å². The summed E-state index contributed by atoms with van der Waals surface area (Å²) in [4.78, 5) is 46.5. The molecular weight excluding hydrogens is 316 g/mol. The van der Waals surface area contributed by atoms with Crippen LogP contribution >= 0.6 is 0 Å². The summed E-state index contributed by atoms with van der Waals surface area (Å²) in [6, 6.07) is -0.879. The van der Waals surface area contributed by atoms with Crippen LogP contribution in [0.3, 0.4) is 0 Å². The molecule has 22 heavy (non-hydrogen) atoms. The fourth-order valence-electron chi connectivity index (χ4n) is 1.24.